The molecule has 1 aromatic rings. The maximum Gasteiger partial charge on any atom is 0.282 e. The first-order chi connectivity index (χ1) is 6.56. The fourth-order valence-corrected chi connectivity index (χ4v) is 1.30. The van der Waals surface area contributed by atoms with Crippen molar-refractivity contribution in [1.29, 1.82) is 0 Å². The third-order valence-corrected chi connectivity index (χ3v) is 2.35. The Kier molecular flexibility index (Phi) is 3.41. The number of carbonyl (C=O) groups excluding carboxylic acids is 1. The molecule has 76 valence electrons. The first-order valence-electron chi connectivity index (χ1n) is 4.17. The normalized spacial score (nSPS) is 9.71. The molecule has 0 radical (unpaired) electrons. The molecule has 0 bridgehead atoms. The number of methoxy groups -OCH3 is 1. The van der Waals surface area contributed by atoms with Crippen molar-refractivity contribution in [3.63, 3.8) is 0 Å². The molecule has 0 fully saturated rings. The summed E-state index contributed by atoms with van der Waals surface area (Å²) in [6, 6.07) is 5.53. The van der Waals surface area contributed by atoms with Gasteiger partial charge in [-0.1, -0.05) is 12.6 Å². The maximum absolute atomic E-state index is 11.0. The van der Waals surface area contributed by atoms with E-state index in [1.807, 2.05) is 25.1 Å². The molecule has 0 aliphatic carbocycles. The van der Waals surface area contributed by atoms with Gasteiger partial charge in [0.25, 0.3) is 5.24 Å². The predicted octanol–water partition coefficient (Wildman–Crippen LogP) is 2.49. The van der Waals surface area contributed by atoms with Crippen LogP contribution >= 0.6 is 12.6 Å². The average Bonchev–Trinajstić information content (AvgIpc) is 2.16. The zero-order valence-corrected chi connectivity index (χ0v) is 9.34. The lowest BCUT2D eigenvalue weighted by molar-refractivity contribution is 0.266. The van der Waals surface area contributed by atoms with E-state index >= 15 is 0 Å². The highest BCUT2D eigenvalue weighted by molar-refractivity contribution is 7.96. The molecule has 1 amide bonds. The SMILES string of the molecule is COc1ccc(N(C)C(=O)S)cc1C. The Labute approximate surface area is 89.1 Å². The quantitative estimate of drug-likeness (QED) is 0.762. The fourth-order valence-electron chi connectivity index (χ4n) is 1.18. The van der Waals surface area contributed by atoms with Crippen LogP contribution in [0.15, 0.2) is 18.2 Å². The first kappa shape index (κ1) is 10.9. The summed E-state index contributed by atoms with van der Waals surface area (Å²) >= 11 is 3.74. The van der Waals surface area contributed by atoms with E-state index in [0.717, 1.165) is 17.0 Å². The van der Waals surface area contributed by atoms with Gasteiger partial charge in [-0.3, -0.25) is 4.79 Å². The zero-order chi connectivity index (χ0) is 10.7. The van der Waals surface area contributed by atoms with E-state index in [-0.39, 0.29) is 5.24 Å². The number of nitrogens with zero attached hydrogens (tertiary/aromatic N) is 1. The van der Waals surface area contributed by atoms with Gasteiger partial charge in [-0.25, -0.2) is 0 Å². The van der Waals surface area contributed by atoms with Gasteiger partial charge in [-0.15, -0.1) is 0 Å². The molecule has 0 saturated carbocycles. The highest BCUT2D eigenvalue weighted by Crippen LogP contribution is 2.23. The zero-order valence-electron chi connectivity index (χ0n) is 8.44. The summed E-state index contributed by atoms with van der Waals surface area (Å²) in [6.45, 7) is 1.93. The van der Waals surface area contributed by atoms with Crippen molar-refractivity contribution in [2.24, 2.45) is 0 Å². The summed E-state index contributed by atoms with van der Waals surface area (Å²) in [7, 11) is 3.30. The lowest BCUT2D eigenvalue weighted by Crippen LogP contribution is -2.19. The highest BCUT2D eigenvalue weighted by atomic mass is 32.1. The van der Waals surface area contributed by atoms with E-state index in [2.05, 4.69) is 12.6 Å². The van der Waals surface area contributed by atoms with Crippen LogP contribution in [0.1, 0.15) is 5.56 Å². The van der Waals surface area contributed by atoms with Crippen molar-refractivity contribution < 1.29 is 9.53 Å². The van der Waals surface area contributed by atoms with E-state index in [0.29, 0.717) is 0 Å². The average molecular weight is 211 g/mol. The Hall–Kier alpha value is -1.16. The van der Waals surface area contributed by atoms with Crippen LogP contribution in [0.25, 0.3) is 0 Å². The Balaban J connectivity index is 3.02. The molecular weight excluding hydrogens is 198 g/mol. The molecule has 1 rings (SSSR count). The van der Waals surface area contributed by atoms with E-state index in [9.17, 15) is 4.79 Å². The number of anilines is 1. The Morgan fingerprint density at radius 2 is 2.14 bits per heavy atom. The molecule has 0 N–H and O–H groups in total. The van der Waals surface area contributed by atoms with Crippen molar-refractivity contribution in [1.82, 2.24) is 0 Å². The van der Waals surface area contributed by atoms with Gasteiger partial charge in [0.2, 0.25) is 0 Å². The number of amides is 1. The van der Waals surface area contributed by atoms with Gasteiger partial charge in [0.1, 0.15) is 5.75 Å². The Morgan fingerprint density at radius 3 is 2.57 bits per heavy atom. The van der Waals surface area contributed by atoms with E-state index in [1.165, 1.54) is 4.90 Å². The van der Waals surface area contributed by atoms with Gasteiger partial charge in [0.05, 0.1) is 7.11 Å². The van der Waals surface area contributed by atoms with Crippen molar-refractivity contribution >= 4 is 23.6 Å². The molecule has 14 heavy (non-hydrogen) atoms. The van der Waals surface area contributed by atoms with Crippen LogP contribution in [-0.2, 0) is 0 Å². The van der Waals surface area contributed by atoms with Gasteiger partial charge in [0.15, 0.2) is 0 Å². The Morgan fingerprint density at radius 1 is 1.50 bits per heavy atom. The van der Waals surface area contributed by atoms with Crippen molar-refractivity contribution in [2.45, 2.75) is 6.92 Å². The third kappa shape index (κ3) is 2.20. The predicted molar refractivity (Wildman–Crippen MR) is 60.5 cm³/mol. The lowest BCUT2D eigenvalue weighted by atomic mass is 10.2. The summed E-state index contributed by atoms with van der Waals surface area (Å²) in [5.74, 6) is 0.814. The molecule has 0 unspecified atom stereocenters. The molecule has 0 heterocycles. The fraction of sp³-hybridized carbons (Fsp3) is 0.300. The van der Waals surface area contributed by atoms with Crippen molar-refractivity contribution in [2.75, 3.05) is 19.1 Å². The molecule has 1 aromatic carbocycles. The van der Waals surface area contributed by atoms with E-state index < -0.39 is 0 Å². The van der Waals surface area contributed by atoms with E-state index in [1.54, 1.807) is 14.2 Å². The molecule has 4 heteroatoms. The largest absolute Gasteiger partial charge is 0.496 e. The number of benzene rings is 1. The van der Waals surface area contributed by atoms with Crippen molar-refractivity contribution in [3.05, 3.63) is 23.8 Å². The monoisotopic (exact) mass is 211 g/mol. The summed E-state index contributed by atoms with van der Waals surface area (Å²) in [6.07, 6.45) is 0. The van der Waals surface area contributed by atoms with Crippen molar-refractivity contribution in [3.8, 4) is 5.75 Å². The van der Waals surface area contributed by atoms with E-state index in [4.69, 9.17) is 4.74 Å². The van der Waals surface area contributed by atoms with Crippen LogP contribution in [0.5, 0.6) is 5.75 Å². The number of hydrogen-bond donors (Lipinski definition) is 1. The molecule has 0 aliphatic heterocycles. The second kappa shape index (κ2) is 4.37. The molecule has 3 nitrogen and oxygen atoms in total. The van der Waals surface area contributed by atoms with Crippen LogP contribution in [0.2, 0.25) is 0 Å². The molecule has 0 atom stereocenters. The molecule has 0 saturated heterocycles. The van der Waals surface area contributed by atoms with Gasteiger partial charge in [-0.05, 0) is 30.7 Å². The molecule has 0 spiro atoms. The summed E-state index contributed by atoms with van der Waals surface area (Å²) in [5.41, 5.74) is 1.80. The van der Waals surface area contributed by atoms with Crippen LogP contribution in [0.3, 0.4) is 0 Å². The Bertz CT molecular complexity index is 352. The van der Waals surface area contributed by atoms with Crippen LogP contribution in [0.4, 0.5) is 10.5 Å². The summed E-state index contributed by atoms with van der Waals surface area (Å²) in [5, 5.41) is -0.283. The van der Waals surface area contributed by atoms with Gasteiger partial charge in [-0.2, -0.15) is 0 Å². The highest BCUT2D eigenvalue weighted by Gasteiger charge is 2.07. The minimum absolute atomic E-state index is 0.283. The van der Waals surface area contributed by atoms with Gasteiger partial charge in [0, 0.05) is 12.7 Å². The van der Waals surface area contributed by atoms with Crippen LogP contribution < -0.4 is 9.64 Å². The maximum atomic E-state index is 11.0. The number of carbonyl (C=O) groups is 1. The minimum atomic E-state index is -0.283. The number of aryl methyl sites for hydroxylation is 1. The number of rotatable bonds is 2. The second-order valence-electron chi connectivity index (χ2n) is 3.00. The second-order valence-corrected chi connectivity index (χ2v) is 3.38. The lowest BCUT2D eigenvalue weighted by Gasteiger charge is -2.15. The molecular formula is C10H13NO2S. The number of hydrogen-bond acceptors (Lipinski definition) is 2. The van der Waals surface area contributed by atoms with Gasteiger partial charge < -0.3 is 9.64 Å². The topological polar surface area (TPSA) is 29.5 Å². The summed E-state index contributed by atoms with van der Waals surface area (Å²) in [4.78, 5) is 12.4. The number of ether oxygens (including phenoxy) is 1. The van der Waals surface area contributed by atoms with Crippen LogP contribution in [0, 0.1) is 6.92 Å². The molecule has 0 aliphatic rings. The first-order valence-corrected chi connectivity index (χ1v) is 4.62. The van der Waals surface area contributed by atoms with Gasteiger partial charge >= 0.3 is 0 Å². The third-order valence-electron chi connectivity index (χ3n) is 2.05. The standard InChI is InChI=1S/C10H13NO2S/c1-7-6-8(11(2)10(12)14)4-5-9(7)13-3/h4-6H,1-3H3,(H,12,14). The number of thiol groups is 1. The minimum Gasteiger partial charge on any atom is -0.496 e. The van der Waals surface area contributed by atoms with Crippen LogP contribution in [-0.4, -0.2) is 19.4 Å². The summed E-state index contributed by atoms with van der Waals surface area (Å²) < 4.78 is 5.12. The smallest absolute Gasteiger partial charge is 0.282 e. The molecule has 0 aromatic heterocycles.